The standard InChI is InChI=1S/C15H23NO2/c1-16(2)9-7-13(17)11-12-8-10-18-15-6-4-3-5-14(12)15/h3-6,12-13,17H,7-11H2,1-2H3. The molecule has 0 aromatic heterocycles. The third-order valence-electron chi connectivity index (χ3n) is 3.55. The Morgan fingerprint density at radius 1 is 1.39 bits per heavy atom. The molecule has 3 heteroatoms. The summed E-state index contributed by atoms with van der Waals surface area (Å²) in [5, 5.41) is 10.1. The van der Waals surface area contributed by atoms with Crippen molar-refractivity contribution in [2.75, 3.05) is 27.2 Å². The number of fused-ring (bicyclic) bond motifs is 1. The molecule has 1 aromatic carbocycles. The van der Waals surface area contributed by atoms with Crippen LogP contribution in [-0.4, -0.2) is 43.4 Å². The largest absolute Gasteiger partial charge is 0.493 e. The molecule has 0 spiro atoms. The molecule has 3 nitrogen and oxygen atoms in total. The highest BCUT2D eigenvalue weighted by Gasteiger charge is 2.23. The maximum atomic E-state index is 10.1. The summed E-state index contributed by atoms with van der Waals surface area (Å²) in [6.45, 7) is 1.70. The molecule has 1 aliphatic rings. The van der Waals surface area contributed by atoms with Crippen LogP contribution in [0.1, 0.15) is 30.7 Å². The van der Waals surface area contributed by atoms with Crippen LogP contribution >= 0.6 is 0 Å². The van der Waals surface area contributed by atoms with Crippen LogP contribution < -0.4 is 4.74 Å². The Kier molecular flexibility index (Phi) is 4.61. The van der Waals surface area contributed by atoms with Crippen molar-refractivity contribution in [3.63, 3.8) is 0 Å². The van der Waals surface area contributed by atoms with E-state index in [1.807, 2.05) is 32.3 Å². The quantitative estimate of drug-likeness (QED) is 0.869. The molecule has 100 valence electrons. The van der Waals surface area contributed by atoms with Gasteiger partial charge in [0, 0.05) is 0 Å². The fourth-order valence-corrected chi connectivity index (χ4v) is 2.51. The highest BCUT2D eigenvalue weighted by Crippen LogP contribution is 2.36. The average Bonchev–Trinajstić information content (AvgIpc) is 2.37. The SMILES string of the molecule is CN(C)CCC(O)CC1CCOc2ccccc21. The lowest BCUT2D eigenvalue weighted by molar-refractivity contribution is 0.125. The van der Waals surface area contributed by atoms with Crippen molar-refractivity contribution in [2.45, 2.75) is 31.3 Å². The van der Waals surface area contributed by atoms with Crippen molar-refractivity contribution in [2.24, 2.45) is 0 Å². The number of hydrogen-bond acceptors (Lipinski definition) is 3. The minimum Gasteiger partial charge on any atom is -0.493 e. The molecule has 1 aliphatic heterocycles. The van der Waals surface area contributed by atoms with Crippen molar-refractivity contribution >= 4 is 0 Å². The first-order valence-corrected chi connectivity index (χ1v) is 6.71. The number of para-hydroxylation sites is 1. The molecule has 0 saturated heterocycles. The number of nitrogens with zero attached hydrogens (tertiary/aromatic N) is 1. The van der Waals surface area contributed by atoms with Gasteiger partial charge < -0.3 is 14.7 Å². The molecule has 18 heavy (non-hydrogen) atoms. The number of hydrogen-bond donors (Lipinski definition) is 1. The maximum Gasteiger partial charge on any atom is 0.122 e. The number of benzene rings is 1. The Morgan fingerprint density at radius 3 is 2.94 bits per heavy atom. The third-order valence-corrected chi connectivity index (χ3v) is 3.55. The molecule has 0 fully saturated rings. The molecule has 2 rings (SSSR count). The number of aliphatic hydroxyl groups excluding tert-OH is 1. The summed E-state index contributed by atoms with van der Waals surface area (Å²) in [6, 6.07) is 8.20. The Labute approximate surface area is 109 Å². The Hall–Kier alpha value is -1.06. The van der Waals surface area contributed by atoms with Gasteiger partial charge in [-0.05, 0) is 57.5 Å². The maximum absolute atomic E-state index is 10.1. The molecule has 2 unspecified atom stereocenters. The zero-order valence-corrected chi connectivity index (χ0v) is 11.3. The molecule has 0 aliphatic carbocycles. The molecular weight excluding hydrogens is 226 g/mol. The summed E-state index contributed by atoms with van der Waals surface area (Å²) in [6.07, 6.45) is 2.47. The lowest BCUT2D eigenvalue weighted by Crippen LogP contribution is -2.23. The van der Waals surface area contributed by atoms with Gasteiger partial charge in [0.2, 0.25) is 0 Å². The van der Waals surface area contributed by atoms with E-state index in [0.717, 1.165) is 38.2 Å². The zero-order valence-electron chi connectivity index (χ0n) is 11.3. The second-order valence-corrected chi connectivity index (χ2v) is 5.35. The zero-order chi connectivity index (χ0) is 13.0. The molecule has 0 radical (unpaired) electrons. The minimum absolute atomic E-state index is 0.219. The van der Waals surface area contributed by atoms with Crippen LogP contribution in [-0.2, 0) is 0 Å². The van der Waals surface area contributed by atoms with E-state index in [9.17, 15) is 5.11 Å². The Balaban J connectivity index is 1.94. The lowest BCUT2D eigenvalue weighted by Gasteiger charge is -2.27. The van der Waals surface area contributed by atoms with Crippen LogP contribution in [0.2, 0.25) is 0 Å². The van der Waals surface area contributed by atoms with E-state index in [2.05, 4.69) is 11.0 Å². The van der Waals surface area contributed by atoms with E-state index < -0.39 is 0 Å². The van der Waals surface area contributed by atoms with Gasteiger partial charge in [0.1, 0.15) is 5.75 Å². The van der Waals surface area contributed by atoms with Gasteiger partial charge in [-0.15, -0.1) is 0 Å². The van der Waals surface area contributed by atoms with Crippen molar-refractivity contribution in [1.29, 1.82) is 0 Å². The second-order valence-electron chi connectivity index (χ2n) is 5.35. The van der Waals surface area contributed by atoms with Crippen LogP contribution in [0.15, 0.2) is 24.3 Å². The van der Waals surface area contributed by atoms with Crippen molar-refractivity contribution < 1.29 is 9.84 Å². The molecular formula is C15H23NO2. The Bertz CT molecular complexity index is 379. The fourth-order valence-electron chi connectivity index (χ4n) is 2.51. The number of rotatable bonds is 5. The summed E-state index contributed by atoms with van der Waals surface area (Å²) in [7, 11) is 4.08. The normalized spacial score (nSPS) is 20.3. The van der Waals surface area contributed by atoms with Gasteiger partial charge in [-0.25, -0.2) is 0 Å². The molecule has 1 N–H and O–H groups in total. The first kappa shape index (κ1) is 13.4. The molecule has 0 amide bonds. The van der Waals surface area contributed by atoms with E-state index in [4.69, 9.17) is 4.74 Å². The summed E-state index contributed by atoms with van der Waals surface area (Å²) >= 11 is 0. The Morgan fingerprint density at radius 2 is 2.17 bits per heavy atom. The van der Waals surface area contributed by atoms with Crippen LogP contribution in [0.5, 0.6) is 5.75 Å². The molecule has 1 aromatic rings. The fraction of sp³-hybridized carbons (Fsp3) is 0.600. The second kappa shape index (κ2) is 6.21. The number of aliphatic hydroxyl groups is 1. The van der Waals surface area contributed by atoms with Gasteiger partial charge >= 0.3 is 0 Å². The van der Waals surface area contributed by atoms with Crippen molar-refractivity contribution in [3.05, 3.63) is 29.8 Å². The first-order valence-electron chi connectivity index (χ1n) is 6.71. The van der Waals surface area contributed by atoms with Crippen LogP contribution in [0, 0.1) is 0 Å². The number of ether oxygens (including phenoxy) is 1. The smallest absolute Gasteiger partial charge is 0.122 e. The van der Waals surface area contributed by atoms with E-state index in [1.54, 1.807) is 0 Å². The highest BCUT2D eigenvalue weighted by molar-refractivity contribution is 5.37. The van der Waals surface area contributed by atoms with Crippen molar-refractivity contribution in [1.82, 2.24) is 4.90 Å². The van der Waals surface area contributed by atoms with Gasteiger partial charge in [0.25, 0.3) is 0 Å². The first-order chi connectivity index (χ1) is 8.66. The third kappa shape index (κ3) is 3.47. The van der Waals surface area contributed by atoms with Crippen molar-refractivity contribution in [3.8, 4) is 5.75 Å². The van der Waals surface area contributed by atoms with Gasteiger partial charge in [-0.1, -0.05) is 18.2 Å². The van der Waals surface area contributed by atoms with Gasteiger partial charge in [-0.2, -0.15) is 0 Å². The summed E-state index contributed by atoms with van der Waals surface area (Å²) in [5.41, 5.74) is 1.26. The highest BCUT2D eigenvalue weighted by atomic mass is 16.5. The monoisotopic (exact) mass is 249 g/mol. The molecule has 0 bridgehead atoms. The van der Waals surface area contributed by atoms with E-state index in [0.29, 0.717) is 5.92 Å². The van der Waals surface area contributed by atoms with Crippen LogP contribution in [0.4, 0.5) is 0 Å². The summed E-state index contributed by atoms with van der Waals surface area (Å²) < 4.78 is 5.64. The van der Waals surface area contributed by atoms with E-state index >= 15 is 0 Å². The molecule has 1 heterocycles. The minimum atomic E-state index is -0.219. The molecule has 2 atom stereocenters. The summed E-state index contributed by atoms with van der Waals surface area (Å²) in [5.74, 6) is 1.43. The van der Waals surface area contributed by atoms with Gasteiger partial charge in [-0.3, -0.25) is 0 Å². The predicted octanol–water partition coefficient (Wildman–Crippen LogP) is 2.26. The topological polar surface area (TPSA) is 32.7 Å². The lowest BCUT2D eigenvalue weighted by atomic mass is 9.87. The average molecular weight is 249 g/mol. The predicted molar refractivity (Wildman–Crippen MR) is 73.1 cm³/mol. The molecule has 0 saturated carbocycles. The van der Waals surface area contributed by atoms with Crippen LogP contribution in [0.25, 0.3) is 0 Å². The van der Waals surface area contributed by atoms with Crippen LogP contribution in [0.3, 0.4) is 0 Å². The van der Waals surface area contributed by atoms with Gasteiger partial charge in [0.15, 0.2) is 0 Å². The summed E-state index contributed by atoms with van der Waals surface area (Å²) in [4.78, 5) is 2.11. The van der Waals surface area contributed by atoms with Gasteiger partial charge in [0.05, 0.1) is 12.7 Å². The van der Waals surface area contributed by atoms with E-state index in [-0.39, 0.29) is 6.10 Å². The van der Waals surface area contributed by atoms with E-state index in [1.165, 1.54) is 5.56 Å².